The highest BCUT2D eigenvalue weighted by Gasteiger charge is 2.17. The first-order chi connectivity index (χ1) is 9.87. The summed E-state index contributed by atoms with van der Waals surface area (Å²) in [6.07, 6.45) is 0. The van der Waals surface area contributed by atoms with Gasteiger partial charge in [0.1, 0.15) is 0 Å². The van der Waals surface area contributed by atoms with Crippen molar-refractivity contribution in [1.82, 2.24) is 15.5 Å². The molecule has 5 heteroatoms. The van der Waals surface area contributed by atoms with E-state index < -0.39 is 0 Å². The first-order valence-electron chi connectivity index (χ1n) is 6.82. The Labute approximate surface area is 125 Å². The Morgan fingerprint density at radius 3 is 2.24 bits per heavy atom. The molecule has 21 heavy (non-hydrogen) atoms. The summed E-state index contributed by atoms with van der Waals surface area (Å²) in [5.74, 6) is 0.470. The van der Waals surface area contributed by atoms with Crippen LogP contribution in [0.2, 0.25) is 0 Å². The molecule has 0 atom stereocenters. The molecule has 1 N–H and O–H groups in total. The fourth-order valence-electron chi connectivity index (χ4n) is 1.81. The topological polar surface area (TPSA) is 58.1 Å². The number of benzene rings is 1. The summed E-state index contributed by atoms with van der Waals surface area (Å²) < 4.78 is 0. The Balaban J connectivity index is 2.14. The first-order valence-corrected chi connectivity index (χ1v) is 6.82. The van der Waals surface area contributed by atoms with Gasteiger partial charge in [-0.3, -0.25) is 4.79 Å². The number of rotatable bonds is 3. The minimum absolute atomic E-state index is 0.219. The number of para-hydroxylation sites is 1. The molecule has 1 heterocycles. The normalized spacial score (nSPS) is 11.0. The summed E-state index contributed by atoms with van der Waals surface area (Å²) in [6.45, 7) is 5.78. The molecule has 0 bridgehead atoms. The third kappa shape index (κ3) is 4.02. The van der Waals surface area contributed by atoms with Gasteiger partial charge in [0.25, 0.3) is 5.91 Å². The Morgan fingerprint density at radius 1 is 1.05 bits per heavy atom. The summed E-state index contributed by atoms with van der Waals surface area (Å²) in [6, 6.07) is 13.3. The van der Waals surface area contributed by atoms with E-state index in [2.05, 4.69) is 15.5 Å². The van der Waals surface area contributed by atoms with E-state index in [1.807, 2.05) is 63.1 Å². The minimum Gasteiger partial charge on any atom is -0.346 e. The lowest BCUT2D eigenvalue weighted by Crippen LogP contribution is -2.41. The zero-order valence-corrected chi connectivity index (χ0v) is 12.8. The molecule has 0 saturated heterocycles. The van der Waals surface area contributed by atoms with Crippen LogP contribution in [0.3, 0.4) is 0 Å². The third-order valence-electron chi connectivity index (χ3n) is 2.86. The zero-order chi connectivity index (χ0) is 15.5. The standard InChI is InChI=1S/C16H20N4O/c1-16(2,3)17-15(21)13-10-11-14(19-18-13)20(4)12-8-6-5-7-9-12/h5-11H,1-4H3,(H,17,21). The van der Waals surface area contributed by atoms with Gasteiger partial charge in [0.2, 0.25) is 0 Å². The predicted molar refractivity (Wildman–Crippen MR) is 83.8 cm³/mol. The highest BCUT2D eigenvalue weighted by molar-refractivity contribution is 5.92. The molecule has 1 aromatic heterocycles. The Bertz CT molecular complexity index is 602. The van der Waals surface area contributed by atoms with Crippen LogP contribution in [0.4, 0.5) is 11.5 Å². The fourth-order valence-corrected chi connectivity index (χ4v) is 1.81. The van der Waals surface area contributed by atoms with E-state index in [0.717, 1.165) is 5.69 Å². The second-order valence-electron chi connectivity index (χ2n) is 5.88. The van der Waals surface area contributed by atoms with Gasteiger partial charge in [-0.1, -0.05) is 18.2 Å². The zero-order valence-electron chi connectivity index (χ0n) is 12.8. The van der Waals surface area contributed by atoms with Gasteiger partial charge in [-0.2, -0.15) is 0 Å². The molecule has 2 aromatic rings. The van der Waals surface area contributed by atoms with Crippen molar-refractivity contribution in [1.29, 1.82) is 0 Å². The average molecular weight is 284 g/mol. The molecule has 0 saturated carbocycles. The maximum Gasteiger partial charge on any atom is 0.272 e. The van der Waals surface area contributed by atoms with Crippen LogP contribution in [-0.2, 0) is 0 Å². The van der Waals surface area contributed by atoms with Crippen molar-refractivity contribution in [2.24, 2.45) is 0 Å². The van der Waals surface area contributed by atoms with Crippen molar-refractivity contribution < 1.29 is 4.79 Å². The number of amides is 1. The molecular formula is C16H20N4O. The third-order valence-corrected chi connectivity index (χ3v) is 2.86. The molecule has 1 aromatic carbocycles. The number of hydrogen-bond acceptors (Lipinski definition) is 4. The van der Waals surface area contributed by atoms with Crippen LogP contribution in [0, 0.1) is 0 Å². The molecule has 0 aliphatic carbocycles. The molecular weight excluding hydrogens is 264 g/mol. The molecule has 0 spiro atoms. The highest BCUT2D eigenvalue weighted by atomic mass is 16.2. The van der Waals surface area contributed by atoms with Gasteiger partial charge in [0.05, 0.1) is 0 Å². The summed E-state index contributed by atoms with van der Waals surface area (Å²) in [5.41, 5.74) is 1.03. The minimum atomic E-state index is -0.293. The molecule has 110 valence electrons. The fraction of sp³-hybridized carbons (Fsp3) is 0.312. The molecule has 2 rings (SSSR count). The van der Waals surface area contributed by atoms with E-state index in [1.54, 1.807) is 12.1 Å². The smallest absolute Gasteiger partial charge is 0.272 e. The predicted octanol–water partition coefficient (Wildman–Crippen LogP) is 2.77. The van der Waals surface area contributed by atoms with Crippen LogP contribution in [0.5, 0.6) is 0 Å². The SMILES string of the molecule is CN(c1ccccc1)c1ccc(C(=O)NC(C)(C)C)nn1. The quantitative estimate of drug-likeness (QED) is 0.941. The Hall–Kier alpha value is -2.43. The average Bonchev–Trinajstić information content (AvgIpc) is 2.46. The lowest BCUT2D eigenvalue weighted by atomic mass is 10.1. The largest absolute Gasteiger partial charge is 0.346 e. The summed E-state index contributed by atoms with van der Waals surface area (Å²) in [4.78, 5) is 13.9. The monoisotopic (exact) mass is 284 g/mol. The lowest BCUT2D eigenvalue weighted by molar-refractivity contribution is 0.0913. The van der Waals surface area contributed by atoms with Gasteiger partial charge in [0, 0.05) is 18.3 Å². The van der Waals surface area contributed by atoms with Crippen LogP contribution < -0.4 is 10.2 Å². The van der Waals surface area contributed by atoms with Crippen LogP contribution in [0.15, 0.2) is 42.5 Å². The number of nitrogens with zero attached hydrogens (tertiary/aromatic N) is 3. The van der Waals surface area contributed by atoms with E-state index >= 15 is 0 Å². The van der Waals surface area contributed by atoms with Crippen molar-refractivity contribution in [3.8, 4) is 0 Å². The molecule has 0 radical (unpaired) electrons. The summed E-state index contributed by atoms with van der Waals surface area (Å²) >= 11 is 0. The highest BCUT2D eigenvalue weighted by Crippen LogP contribution is 2.20. The van der Waals surface area contributed by atoms with Gasteiger partial charge in [-0.25, -0.2) is 0 Å². The summed E-state index contributed by atoms with van der Waals surface area (Å²) in [5, 5.41) is 11.0. The number of aromatic nitrogens is 2. The molecule has 5 nitrogen and oxygen atoms in total. The van der Waals surface area contributed by atoms with Gasteiger partial charge in [-0.15, -0.1) is 10.2 Å². The van der Waals surface area contributed by atoms with Gasteiger partial charge < -0.3 is 10.2 Å². The van der Waals surface area contributed by atoms with Crippen LogP contribution in [0.1, 0.15) is 31.3 Å². The maximum atomic E-state index is 12.0. The number of carbonyl (C=O) groups is 1. The molecule has 0 aliphatic rings. The van der Waals surface area contributed by atoms with Crippen molar-refractivity contribution in [3.63, 3.8) is 0 Å². The number of carbonyl (C=O) groups excluding carboxylic acids is 1. The van der Waals surface area contributed by atoms with E-state index in [4.69, 9.17) is 0 Å². The molecule has 1 amide bonds. The number of anilines is 2. The van der Waals surface area contributed by atoms with E-state index in [1.165, 1.54) is 0 Å². The van der Waals surface area contributed by atoms with E-state index in [-0.39, 0.29) is 11.4 Å². The van der Waals surface area contributed by atoms with Crippen LogP contribution in [-0.4, -0.2) is 28.7 Å². The Morgan fingerprint density at radius 2 is 1.71 bits per heavy atom. The van der Waals surface area contributed by atoms with Crippen molar-refractivity contribution in [2.75, 3.05) is 11.9 Å². The van der Waals surface area contributed by atoms with Gasteiger partial charge in [0.15, 0.2) is 11.5 Å². The lowest BCUT2D eigenvalue weighted by Gasteiger charge is -2.20. The van der Waals surface area contributed by atoms with Crippen molar-refractivity contribution >= 4 is 17.4 Å². The van der Waals surface area contributed by atoms with Crippen LogP contribution >= 0.6 is 0 Å². The molecule has 0 fully saturated rings. The maximum absolute atomic E-state index is 12.0. The van der Waals surface area contributed by atoms with E-state index in [0.29, 0.717) is 11.5 Å². The Kier molecular flexibility index (Phi) is 4.21. The number of hydrogen-bond donors (Lipinski definition) is 1. The second kappa shape index (κ2) is 5.91. The van der Waals surface area contributed by atoms with Crippen molar-refractivity contribution in [2.45, 2.75) is 26.3 Å². The van der Waals surface area contributed by atoms with Gasteiger partial charge in [-0.05, 0) is 45.0 Å². The number of nitrogens with one attached hydrogen (secondary N) is 1. The summed E-state index contributed by atoms with van der Waals surface area (Å²) in [7, 11) is 1.91. The molecule has 0 unspecified atom stereocenters. The van der Waals surface area contributed by atoms with Crippen LogP contribution in [0.25, 0.3) is 0 Å². The van der Waals surface area contributed by atoms with Gasteiger partial charge >= 0.3 is 0 Å². The first kappa shape index (κ1) is 15.0. The molecule has 0 aliphatic heterocycles. The van der Waals surface area contributed by atoms with E-state index in [9.17, 15) is 4.79 Å². The second-order valence-corrected chi connectivity index (χ2v) is 5.88. The van der Waals surface area contributed by atoms with Crippen molar-refractivity contribution in [3.05, 3.63) is 48.2 Å².